The number of hydrogen-bond acceptors (Lipinski definition) is 2. The molecule has 0 atom stereocenters. The molecule has 0 bridgehead atoms. The van der Waals surface area contributed by atoms with Gasteiger partial charge in [-0.2, -0.15) is 0 Å². The Kier molecular flexibility index (Phi) is 1.93. The number of nitrogens with zero attached hydrogens (tertiary/aromatic N) is 1. The topological polar surface area (TPSA) is 56.0 Å². The maximum Gasteiger partial charge on any atom is 0.248 e. The lowest BCUT2D eigenvalue weighted by Crippen LogP contribution is -2.10. The molecule has 2 aromatic rings. The molecule has 3 nitrogen and oxygen atoms in total. The fourth-order valence-corrected chi connectivity index (χ4v) is 1.37. The molecule has 2 N–H and O–H groups in total. The van der Waals surface area contributed by atoms with Crippen LogP contribution < -0.4 is 5.73 Å². The molecule has 0 aliphatic heterocycles. The third kappa shape index (κ3) is 1.44. The van der Waals surface area contributed by atoms with Crippen LogP contribution in [0.5, 0.6) is 0 Å². The van der Waals surface area contributed by atoms with Gasteiger partial charge < -0.3 is 5.73 Å². The number of primary amides is 1. The normalized spacial score (nSPS) is 10.4. The summed E-state index contributed by atoms with van der Waals surface area (Å²) in [6, 6.07) is 9.18. The number of hydrogen-bond donors (Lipinski definition) is 1. The molecule has 0 unspecified atom stereocenters. The third-order valence-corrected chi connectivity index (χ3v) is 2.12. The lowest BCUT2D eigenvalue weighted by Gasteiger charge is -2.00. The van der Waals surface area contributed by atoms with Crippen molar-refractivity contribution in [2.45, 2.75) is 6.92 Å². The highest BCUT2D eigenvalue weighted by Crippen LogP contribution is 2.14. The number of rotatable bonds is 1. The van der Waals surface area contributed by atoms with Crippen molar-refractivity contribution in [2.75, 3.05) is 0 Å². The summed E-state index contributed by atoms with van der Waals surface area (Å²) in [6.45, 7) is 1.91. The van der Waals surface area contributed by atoms with Crippen LogP contribution in [0, 0.1) is 6.92 Å². The number of fused-ring (bicyclic) bond motifs is 1. The van der Waals surface area contributed by atoms with E-state index in [1.807, 2.05) is 25.1 Å². The van der Waals surface area contributed by atoms with E-state index in [1.54, 1.807) is 12.1 Å². The molecule has 2 rings (SSSR count). The van der Waals surface area contributed by atoms with Gasteiger partial charge in [-0.15, -0.1) is 0 Å². The quantitative estimate of drug-likeness (QED) is 0.736. The second kappa shape index (κ2) is 3.10. The molecule has 14 heavy (non-hydrogen) atoms. The fraction of sp³-hybridized carbons (Fsp3) is 0.0909. The number of amides is 1. The first kappa shape index (κ1) is 8.69. The Morgan fingerprint density at radius 1 is 1.29 bits per heavy atom. The van der Waals surface area contributed by atoms with Crippen LogP contribution in [0.1, 0.15) is 16.1 Å². The predicted octanol–water partition coefficient (Wildman–Crippen LogP) is 1.64. The van der Waals surface area contributed by atoms with Crippen LogP contribution in [0.2, 0.25) is 0 Å². The van der Waals surface area contributed by atoms with Crippen molar-refractivity contribution in [1.29, 1.82) is 0 Å². The van der Waals surface area contributed by atoms with E-state index in [0.29, 0.717) is 5.56 Å². The van der Waals surface area contributed by atoms with Crippen LogP contribution in [0.3, 0.4) is 0 Å². The van der Waals surface area contributed by atoms with Gasteiger partial charge in [0.05, 0.1) is 5.52 Å². The first-order chi connectivity index (χ1) is 6.66. The molecule has 70 valence electrons. The minimum atomic E-state index is -0.421. The summed E-state index contributed by atoms with van der Waals surface area (Å²) in [4.78, 5) is 15.2. The first-order valence-corrected chi connectivity index (χ1v) is 4.34. The van der Waals surface area contributed by atoms with E-state index in [2.05, 4.69) is 4.98 Å². The van der Waals surface area contributed by atoms with Crippen molar-refractivity contribution >= 4 is 16.8 Å². The molecule has 0 radical (unpaired) electrons. The molecular weight excluding hydrogens is 176 g/mol. The number of aryl methyl sites for hydroxylation is 1. The number of pyridine rings is 1. The molecule has 1 aromatic heterocycles. The van der Waals surface area contributed by atoms with Crippen LogP contribution >= 0.6 is 0 Å². The molecular formula is C11H10N2O. The molecule has 1 heterocycles. The SMILES string of the molecule is Cc1ccc2ccc(C(N)=O)cc2n1. The van der Waals surface area contributed by atoms with E-state index < -0.39 is 5.91 Å². The van der Waals surface area contributed by atoms with Crippen LogP contribution in [-0.4, -0.2) is 10.9 Å². The molecule has 0 spiro atoms. The van der Waals surface area contributed by atoms with E-state index in [-0.39, 0.29) is 0 Å². The molecule has 0 aliphatic rings. The summed E-state index contributed by atoms with van der Waals surface area (Å²) in [5, 5.41) is 1.01. The monoisotopic (exact) mass is 186 g/mol. The number of benzene rings is 1. The highest BCUT2D eigenvalue weighted by Gasteiger charge is 2.02. The van der Waals surface area contributed by atoms with Gasteiger partial charge in [0, 0.05) is 16.6 Å². The second-order valence-electron chi connectivity index (χ2n) is 3.22. The molecule has 0 saturated heterocycles. The lowest BCUT2D eigenvalue weighted by molar-refractivity contribution is 0.100. The average molecular weight is 186 g/mol. The molecule has 0 saturated carbocycles. The second-order valence-corrected chi connectivity index (χ2v) is 3.22. The van der Waals surface area contributed by atoms with E-state index >= 15 is 0 Å². The lowest BCUT2D eigenvalue weighted by atomic mass is 10.1. The van der Waals surface area contributed by atoms with Gasteiger partial charge in [-0.25, -0.2) is 0 Å². The third-order valence-electron chi connectivity index (χ3n) is 2.12. The Morgan fingerprint density at radius 2 is 2.00 bits per heavy atom. The van der Waals surface area contributed by atoms with Crippen molar-refractivity contribution in [3.63, 3.8) is 0 Å². The molecule has 1 amide bonds. The summed E-state index contributed by atoms with van der Waals surface area (Å²) in [5.41, 5.74) is 7.41. The van der Waals surface area contributed by atoms with Crippen LogP contribution in [-0.2, 0) is 0 Å². The molecule has 0 aliphatic carbocycles. The number of carbonyl (C=O) groups excluding carboxylic acids is 1. The van der Waals surface area contributed by atoms with Crippen molar-refractivity contribution in [1.82, 2.24) is 4.98 Å². The summed E-state index contributed by atoms with van der Waals surface area (Å²) < 4.78 is 0. The first-order valence-electron chi connectivity index (χ1n) is 4.34. The van der Waals surface area contributed by atoms with Crippen LogP contribution in [0.4, 0.5) is 0 Å². The fourth-order valence-electron chi connectivity index (χ4n) is 1.37. The summed E-state index contributed by atoms with van der Waals surface area (Å²) in [6.07, 6.45) is 0. The average Bonchev–Trinajstić information content (AvgIpc) is 2.16. The Labute approximate surface area is 81.6 Å². The Hall–Kier alpha value is -1.90. The zero-order valence-corrected chi connectivity index (χ0v) is 7.82. The standard InChI is InChI=1S/C11H10N2O/c1-7-2-3-8-4-5-9(11(12)14)6-10(8)13-7/h2-6H,1H3,(H2,12,14). The minimum absolute atomic E-state index is 0.421. The molecule has 1 aromatic carbocycles. The van der Waals surface area contributed by atoms with Crippen molar-refractivity contribution in [3.05, 3.63) is 41.6 Å². The van der Waals surface area contributed by atoms with Gasteiger partial charge in [0.2, 0.25) is 5.91 Å². The highest BCUT2D eigenvalue weighted by atomic mass is 16.1. The minimum Gasteiger partial charge on any atom is -0.366 e. The van der Waals surface area contributed by atoms with Gasteiger partial charge in [0.25, 0.3) is 0 Å². The van der Waals surface area contributed by atoms with Gasteiger partial charge in [0.15, 0.2) is 0 Å². The smallest absolute Gasteiger partial charge is 0.248 e. The van der Waals surface area contributed by atoms with E-state index in [0.717, 1.165) is 16.6 Å². The summed E-state index contributed by atoms with van der Waals surface area (Å²) in [7, 11) is 0. The van der Waals surface area contributed by atoms with Crippen molar-refractivity contribution in [3.8, 4) is 0 Å². The Bertz CT molecular complexity index is 506. The maximum absolute atomic E-state index is 10.9. The van der Waals surface area contributed by atoms with E-state index in [1.165, 1.54) is 0 Å². The van der Waals surface area contributed by atoms with Crippen LogP contribution in [0.25, 0.3) is 10.9 Å². The summed E-state index contributed by atoms with van der Waals surface area (Å²) in [5.74, 6) is -0.421. The zero-order chi connectivity index (χ0) is 10.1. The van der Waals surface area contributed by atoms with E-state index in [4.69, 9.17) is 5.73 Å². The molecule has 0 fully saturated rings. The van der Waals surface area contributed by atoms with Gasteiger partial charge in [-0.1, -0.05) is 12.1 Å². The van der Waals surface area contributed by atoms with Gasteiger partial charge >= 0.3 is 0 Å². The van der Waals surface area contributed by atoms with Gasteiger partial charge in [0.1, 0.15) is 0 Å². The predicted molar refractivity (Wildman–Crippen MR) is 55.0 cm³/mol. The Morgan fingerprint density at radius 3 is 2.71 bits per heavy atom. The zero-order valence-electron chi connectivity index (χ0n) is 7.82. The largest absolute Gasteiger partial charge is 0.366 e. The van der Waals surface area contributed by atoms with E-state index in [9.17, 15) is 4.79 Å². The number of carbonyl (C=O) groups is 1. The number of aromatic nitrogens is 1. The summed E-state index contributed by atoms with van der Waals surface area (Å²) >= 11 is 0. The number of nitrogens with two attached hydrogens (primary N) is 1. The Balaban J connectivity index is 2.69. The highest BCUT2D eigenvalue weighted by molar-refractivity contribution is 5.96. The maximum atomic E-state index is 10.9. The van der Waals surface area contributed by atoms with Crippen LogP contribution in [0.15, 0.2) is 30.3 Å². The van der Waals surface area contributed by atoms with Gasteiger partial charge in [-0.3, -0.25) is 9.78 Å². The van der Waals surface area contributed by atoms with Crippen molar-refractivity contribution < 1.29 is 4.79 Å². The van der Waals surface area contributed by atoms with Gasteiger partial charge in [-0.05, 0) is 25.1 Å². The van der Waals surface area contributed by atoms with Crippen molar-refractivity contribution in [2.24, 2.45) is 5.73 Å². The molecule has 3 heteroatoms.